The number of carbonyl (C=O) groups is 2. The Bertz CT molecular complexity index is 529. The van der Waals surface area contributed by atoms with Crippen molar-refractivity contribution < 1.29 is 19.4 Å². The Morgan fingerprint density at radius 1 is 1.50 bits per heavy atom. The van der Waals surface area contributed by atoms with Gasteiger partial charge in [-0.2, -0.15) is 5.10 Å². The van der Waals surface area contributed by atoms with E-state index in [2.05, 4.69) is 5.10 Å². The van der Waals surface area contributed by atoms with Gasteiger partial charge in [0.05, 0.1) is 18.2 Å². The van der Waals surface area contributed by atoms with E-state index < -0.39 is 5.97 Å². The summed E-state index contributed by atoms with van der Waals surface area (Å²) >= 11 is 0. The van der Waals surface area contributed by atoms with Crippen molar-refractivity contribution in [2.45, 2.75) is 39.3 Å². The first-order valence-corrected chi connectivity index (χ1v) is 7.71. The average molecular weight is 309 g/mol. The van der Waals surface area contributed by atoms with Crippen LogP contribution in [0, 0.1) is 5.92 Å². The Labute approximate surface area is 129 Å². The highest BCUT2D eigenvalue weighted by atomic mass is 16.5. The van der Waals surface area contributed by atoms with Gasteiger partial charge in [0.15, 0.2) is 0 Å². The largest absolute Gasteiger partial charge is 0.480 e. The van der Waals surface area contributed by atoms with Crippen molar-refractivity contribution in [3.8, 4) is 0 Å². The van der Waals surface area contributed by atoms with Gasteiger partial charge in [0.2, 0.25) is 5.91 Å². The number of carboxylic acid groups (broad SMARTS) is 1. The SMILES string of the molecule is CCCN(CC(=O)O)C(=O)[C@H]1CCO[C@@H]1c1cnn(CC)c1. The number of carboxylic acids is 1. The normalized spacial score (nSPS) is 21.0. The van der Waals surface area contributed by atoms with Gasteiger partial charge >= 0.3 is 5.97 Å². The van der Waals surface area contributed by atoms with Crippen molar-refractivity contribution in [3.63, 3.8) is 0 Å². The lowest BCUT2D eigenvalue weighted by Gasteiger charge is -2.25. The molecular formula is C15H23N3O4. The van der Waals surface area contributed by atoms with Crippen LogP contribution in [0.3, 0.4) is 0 Å². The molecular weight excluding hydrogens is 286 g/mol. The number of nitrogens with zero attached hydrogens (tertiary/aromatic N) is 3. The molecule has 2 rings (SSSR count). The molecule has 0 aliphatic carbocycles. The van der Waals surface area contributed by atoms with Crippen LogP contribution in [0.5, 0.6) is 0 Å². The molecule has 1 aromatic heterocycles. The summed E-state index contributed by atoms with van der Waals surface area (Å²) in [6.45, 7) is 5.37. The van der Waals surface area contributed by atoms with Crippen LogP contribution in [-0.4, -0.2) is 51.4 Å². The quantitative estimate of drug-likeness (QED) is 0.820. The van der Waals surface area contributed by atoms with Crippen molar-refractivity contribution in [2.75, 3.05) is 19.7 Å². The van der Waals surface area contributed by atoms with Gasteiger partial charge in [0, 0.05) is 31.5 Å². The Balaban J connectivity index is 2.13. The summed E-state index contributed by atoms with van der Waals surface area (Å²) in [4.78, 5) is 25.1. The third-order valence-corrected chi connectivity index (χ3v) is 3.85. The van der Waals surface area contributed by atoms with Crippen LogP contribution in [0.4, 0.5) is 0 Å². The number of hydrogen-bond acceptors (Lipinski definition) is 4. The standard InChI is InChI=1S/C15H23N3O4/c1-3-6-17(10-13(19)20)15(21)12-5-7-22-14(12)11-8-16-18(4-2)9-11/h8-9,12,14H,3-7,10H2,1-2H3,(H,19,20)/t12-,14+/m0/s1. The lowest BCUT2D eigenvalue weighted by molar-refractivity contribution is -0.147. The highest BCUT2D eigenvalue weighted by molar-refractivity contribution is 5.83. The number of hydrogen-bond donors (Lipinski definition) is 1. The van der Waals surface area contributed by atoms with E-state index in [1.165, 1.54) is 4.90 Å². The molecule has 22 heavy (non-hydrogen) atoms. The lowest BCUT2D eigenvalue weighted by atomic mass is 9.95. The van der Waals surface area contributed by atoms with Gasteiger partial charge in [0.25, 0.3) is 0 Å². The molecule has 2 atom stereocenters. The fraction of sp³-hybridized carbons (Fsp3) is 0.667. The molecule has 1 aliphatic heterocycles. The fourth-order valence-corrected chi connectivity index (χ4v) is 2.81. The van der Waals surface area contributed by atoms with Crippen LogP contribution in [0.1, 0.15) is 38.4 Å². The number of rotatable bonds is 7. The Hall–Kier alpha value is -1.89. The minimum Gasteiger partial charge on any atom is -0.480 e. The molecule has 122 valence electrons. The first kappa shape index (κ1) is 16.5. The molecule has 1 aromatic rings. The zero-order valence-electron chi connectivity index (χ0n) is 13.1. The minimum atomic E-state index is -0.990. The van der Waals surface area contributed by atoms with Crippen LogP contribution >= 0.6 is 0 Å². The van der Waals surface area contributed by atoms with E-state index in [1.807, 2.05) is 20.0 Å². The number of amides is 1. The molecule has 1 saturated heterocycles. The minimum absolute atomic E-state index is 0.143. The zero-order valence-corrected chi connectivity index (χ0v) is 13.1. The summed E-state index contributed by atoms with van der Waals surface area (Å²) in [5.41, 5.74) is 0.879. The van der Waals surface area contributed by atoms with Crippen LogP contribution in [0.25, 0.3) is 0 Å². The molecule has 1 N–H and O–H groups in total. The van der Waals surface area contributed by atoms with Gasteiger partial charge in [-0.05, 0) is 19.8 Å². The van der Waals surface area contributed by atoms with Crippen LogP contribution < -0.4 is 0 Å². The molecule has 0 spiro atoms. The van der Waals surface area contributed by atoms with Gasteiger partial charge in [0.1, 0.15) is 6.54 Å². The van der Waals surface area contributed by atoms with E-state index in [9.17, 15) is 9.59 Å². The second-order valence-electron chi connectivity index (χ2n) is 5.47. The second kappa shape index (κ2) is 7.40. The number of carbonyl (C=O) groups excluding carboxylic acids is 1. The van der Waals surface area contributed by atoms with Crippen LogP contribution in [0.2, 0.25) is 0 Å². The van der Waals surface area contributed by atoms with E-state index >= 15 is 0 Å². The summed E-state index contributed by atoms with van der Waals surface area (Å²) in [6.07, 6.45) is 4.62. The summed E-state index contributed by atoms with van der Waals surface area (Å²) in [5, 5.41) is 13.2. The number of ether oxygens (including phenoxy) is 1. The van der Waals surface area contributed by atoms with Gasteiger partial charge in [-0.15, -0.1) is 0 Å². The van der Waals surface area contributed by atoms with Gasteiger partial charge in [-0.25, -0.2) is 0 Å². The fourth-order valence-electron chi connectivity index (χ4n) is 2.81. The van der Waals surface area contributed by atoms with E-state index in [0.717, 1.165) is 18.5 Å². The average Bonchev–Trinajstić information content (AvgIpc) is 3.13. The summed E-state index contributed by atoms with van der Waals surface area (Å²) in [7, 11) is 0. The second-order valence-corrected chi connectivity index (χ2v) is 5.47. The predicted octanol–water partition coefficient (Wildman–Crippen LogP) is 1.30. The molecule has 1 amide bonds. The third kappa shape index (κ3) is 3.65. The van der Waals surface area contributed by atoms with Gasteiger partial charge in [-0.1, -0.05) is 6.92 Å². The van der Waals surface area contributed by atoms with E-state index in [1.54, 1.807) is 10.9 Å². The Morgan fingerprint density at radius 3 is 2.86 bits per heavy atom. The smallest absolute Gasteiger partial charge is 0.323 e. The molecule has 0 unspecified atom stereocenters. The topological polar surface area (TPSA) is 84.7 Å². The Morgan fingerprint density at radius 2 is 2.27 bits per heavy atom. The number of aryl methyl sites for hydroxylation is 1. The van der Waals surface area contributed by atoms with Crippen molar-refractivity contribution >= 4 is 11.9 Å². The van der Waals surface area contributed by atoms with Crippen molar-refractivity contribution in [1.82, 2.24) is 14.7 Å². The van der Waals surface area contributed by atoms with Crippen molar-refractivity contribution in [2.24, 2.45) is 5.92 Å². The van der Waals surface area contributed by atoms with E-state index in [0.29, 0.717) is 19.6 Å². The highest BCUT2D eigenvalue weighted by Gasteiger charge is 2.38. The first-order chi connectivity index (χ1) is 10.6. The van der Waals surface area contributed by atoms with Gasteiger partial charge in [-0.3, -0.25) is 14.3 Å². The maximum absolute atomic E-state index is 12.7. The monoisotopic (exact) mass is 309 g/mol. The maximum Gasteiger partial charge on any atom is 0.323 e. The molecule has 1 aliphatic rings. The van der Waals surface area contributed by atoms with E-state index in [-0.39, 0.29) is 24.5 Å². The number of aliphatic carboxylic acids is 1. The predicted molar refractivity (Wildman–Crippen MR) is 79.2 cm³/mol. The molecule has 0 aromatic carbocycles. The third-order valence-electron chi connectivity index (χ3n) is 3.85. The highest BCUT2D eigenvalue weighted by Crippen LogP contribution is 2.35. The van der Waals surface area contributed by atoms with Crippen molar-refractivity contribution in [1.29, 1.82) is 0 Å². The summed E-state index contributed by atoms with van der Waals surface area (Å²) in [5.74, 6) is -1.47. The van der Waals surface area contributed by atoms with Gasteiger partial charge < -0.3 is 14.7 Å². The van der Waals surface area contributed by atoms with Crippen LogP contribution in [0.15, 0.2) is 12.4 Å². The molecule has 0 bridgehead atoms. The number of aromatic nitrogens is 2. The zero-order chi connectivity index (χ0) is 16.1. The van der Waals surface area contributed by atoms with Crippen molar-refractivity contribution in [3.05, 3.63) is 18.0 Å². The Kier molecular flexibility index (Phi) is 5.54. The van der Waals surface area contributed by atoms with E-state index in [4.69, 9.17) is 9.84 Å². The molecule has 0 radical (unpaired) electrons. The summed E-state index contributed by atoms with van der Waals surface area (Å²) < 4.78 is 7.51. The molecule has 0 saturated carbocycles. The lowest BCUT2D eigenvalue weighted by Crippen LogP contribution is -2.41. The molecule has 7 nitrogen and oxygen atoms in total. The molecule has 2 heterocycles. The maximum atomic E-state index is 12.7. The first-order valence-electron chi connectivity index (χ1n) is 7.71. The summed E-state index contributed by atoms with van der Waals surface area (Å²) in [6, 6.07) is 0. The molecule has 1 fully saturated rings. The molecule has 7 heteroatoms. The van der Waals surface area contributed by atoms with Crippen LogP contribution in [-0.2, 0) is 20.9 Å².